The number of esters is 1. The highest BCUT2D eigenvalue weighted by Gasteiger charge is 1.99. The standard InChI is InChI=1S/C6H11NO2.C3H8/c1-5(2)6(8)9-4-3-7;1-3-2/h1,3-4,7H2,2H3;3H2,1-2H3. The molecule has 0 spiro atoms. The molecule has 3 heteroatoms. The summed E-state index contributed by atoms with van der Waals surface area (Å²) in [6, 6.07) is 0. The Kier molecular flexibility index (Phi) is 11.6. The predicted octanol–water partition coefficient (Wildman–Crippen LogP) is 1.48. The van der Waals surface area contributed by atoms with Gasteiger partial charge in [-0.2, -0.15) is 0 Å². The Morgan fingerprint density at radius 2 is 1.92 bits per heavy atom. The number of carbonyl (C=O) groups is 1. The number of nitrogens with two attached hydrogens (primary N) is 1. The Balaban J connectivity index is 0. The van der Waals surface area contributed by atoms with Crippen LogP contribution in [0.15, 0.2) is 12.2 Å². The molecule has 0 fully saturated rings. The van der Waals surface area contributed by atoms with Crippen LogP contribution in [0.1, 0.15) is 27.2 Å². The lowest BCUT2D eigenvalue weighted by Gasteiger charge is -1.99. The number of hydrogen-bond acceptors (Lipinski definition) is 3. The number of hydrogen-bond donors (Lipinski definition) is 1. The normalized spacial score (nSPS) is 8.00. The van der Waals surface area contributed by atoms with Gasteiger partial charge in [0, 0.05) is 12.1 Å². The molecule has 0 heterocycles. The monoisotopic (exact) mass is 173 g/mol. The average molecular weight is 173 g/mol. The van der Waals surface area contributed by atoms with Crippen molar-refractivity contribution in [2.45, 2.75) is 27.2 Å². The van der Waals surface area contributed by atoms with E-state index < -0.39 is 0 Å². The molecule has 0 aromatic carbocycles. The first-order valence-electron chi connectivity index (χ1n) is 4.12. The fourth-order valence-corrected chi connectivity index (χ4v) is 0.275. The molecule has 0 saturated heterocycles. The third kappa shape index (κ3) is 11.9. The van der Waals surface area contributed by atoms with Crippen LogP contribution in [0.2, 0.25) is 0 Å². The summed E-state index contributed by atoms with van der Waals surface area (Å²) in [6.45, 7) is 9.87. The van der Waals surface area contributed by atoms with E-state index in [1.165, 1.54) is 6.42 Å². The summed E-state index contributed by atoms with van der Waals surface area (Å²) in [7, 11) is 0. The van der Waals surface area contributed by atoms with Crippen molar-refractivity contribution in [3.8, 4) is 0 Å². The Hall–Kier alpha value is -0.830. The van der Waals surface area contributed by atoms with Gasteiger partial charge in [0.05, 0.1) is 0 Å². The fourth-order valence-electron chi connectivity index (χ4n) is 0.275. The minimum absolute atomic E-state index is 0.270. The first kappa shape index (κ1) is 13.7. The molecule has 0 radical (unpaired) electrons. The highest BCUT2D eigenvalue weighted by molar-refractivity contribution is 5.86. The number of carbonyl (C=O) groups excluding carboxylic acids is 1. The van der Waals surface area contributed by atoms with E-state index in [9.17, 15) is 4.79 Å². The summed E-state index contributed by atoms with van der Waals surface area (Å²) in [6.07, 6.45) is 1.25. The predicted molar refractivity (Wildman–Crippen MR) is 50.8 cm³/mol. The van der Waals surface area contributed by atoms with Crippen molar-refractivity contribution in [2.24, 2.45) is 5.73 Å². The highest BCUT2D eigenvalue weighted by Crippen LogP contribution is 1.89. The maximum atomic E-state index is 10.5. The Morgan fingerprint density at radius 3 is 2.17 bits per heavy atom. The molecule has 0 rings (SSSR count). The molecule has 2 N–H and O–H groups in total. The van der Waals surface area contributed by atoms with Crippen LogP contribution in [0.4, 0.5) is 0 Å². The first-order valence-corrected chi connectivity index (χ1v) is 4.12. The minimum Gasteiger partial charge on any atom is -0.461 e. The van der Waals surface area contributed by atoms with Crippen molar-refractivity contribution >= 4 is 5.97 Å². The van der Waals surface area contributed by atoms with Gasteiger partial charge in [-0.3, -0.25) is 0 Å². The highest BCUT2D eigenvalue weighted by atomic mass is 16.5. The van der Waals surface area contributed by atoms with Gasteiger partial charge in [0.25, 0.3) is 0 Å². The topological polar surface area (TPSA) is 52.3 Å². The fraction of sp³-hybridized carbons (Fsp3) is 0.667. The van der Waals surface area contributed by atoms with Crippen molar-refractivity contribution < 1.29 is 9.53 Å². The maximum absolute atomic E-state index is 10.5. The van der Waals surface area contributed by atoms with Crippen LogP contribution in [0.5, 0.6) is 0 Å². The summed E-state index contributed by atoms with van der Waals surface area (Å²) >= 11 is 0. The summed E-state index contributed by atoms with van der Waals surface area (Å²) in [5, 5.41) is 0. The molecule has 0 aliphatic rings. The van der Waals surface area contributed by atoms with E-state index in [1.807, 2.05) is 0 Å². The van der Waals surface area contributed by atoms with Gasteiger partial charge in [0.2, 0.25) is 0 Å². The number of rotatable bonds is 3. The molecule has 0 aliphatic heterocycles. The van der Waals surface area contributed by atoms with E-state index >= 15 is 0 Å². The van der Waals surface area contributed by atoms with E-state index in [0.717, 1.165) is 0 Å². The van der Waals surface area contributed by atoms with Gasteiger partial charge in [-0.05, 0) is 6.92 Å². The van der Waals surface area contributed by atoms with Crippen molar-refractivity contribution in [3.63, 3.8) is 0 Å². The minimum atomic E-state index is -0.375. The first-order chi connectivity index (χ1) is 5.59. The van der Waals surface area contributed by atoms with Crippen LogP contribution in [-0.2, 0) is 9.53 Å². The van der Waals surface area contributed by atoms with E-state index in [1.54, 1.807) is 6.92 Å². The summed E-state index contributed by atoms with van der Waals surface area (Å²) in [5.41, 5.74) is 5.48. The zero-order valence-corrected chi connectivity index (χ0v) is 8.22. The van der Waals surface area contributed by atoms with Gasteiger partial charge in [-0.25, -0.2) is 4.79 Å². The van der Waals surface area contributed by atoms with Crippen LogP contribution < -0.4 is 5.73 Å². The molecule has 72 valence electrons. The lowest BCUT2D eigenvalue weighted by atomic mass is 10.4. The molecular formula is C9H19NO2. The molecule has 0 aromatic rings. The Morgan fingerprint density at radius 1 is 1.50 bits per heavy atom. The largest absolute Gasteiger partial charge is 0.461 e. The van der Waals surface area contributed by atoms with Gasteiger partial charge in [0.1, 0.15) is 6.61 Å². The summed E-state index contributed by atoms with van der Waals surface area (Å²) in [5.74, 6) is -0.375. The van der Waals surface area contributed by atoms with Crippen molar-refractivity contribution in [3.05, 3.63) is 12.2 Å². The van der Waals surface area contributed by atoms with Gasteiger partial charge in [-0.1, -0.05) is 26.8 Å². The molecule has 0 aromatic heterocycles. The zero-order chi connectivity index (χ0) is 9.98. The quantitative estimate of drug-likeness (QED) is 0.519. The average Bonchev–Trinajstić information content (AvgIpc) is 2.01. The van der Waals surface area contributed by atoms with Crippen LogP contribution in [0.3, 0.4) is 0 Å². The SMILES string of the molecule is C=C(C)C(=O)OCCN.CCC. The zero-order valence-electron chi connectivity index (χ0n) is 8.22. The molecule has 0 unspecified atom stereocenters. The molecule has 0 atom stereocenters. The van der Waals surface area contributed by atoms with Crippen molar-refractivity contribution in [1.82, 2.24) is 0 Å². The molecule has 0 amide bonds. The Labute approximate surface area is 74.6 Å². The second-order valence-electron chi connectivity index (χ2n) is 2.41. The smallest absolute Gasteiger partial charge is 0.333 e. The van der Waals surface area contributed by atoms with Gasteiger partial charge < -0.3 is 10.5 Å². The van der Waals surface area contributed by atoms with Gasteiger partial charge in [0.15, 0.2) is 0 Å². The summed E-state index contributed by atoms with van der Waals surface area (Å²) < 4.78 is 4.59. The third-order valence-electron chi connectivity index (χ3n) is 0.699. The second-order valence-corrected chi connectivity index (χ2v) is 2.41. The molecule has 12 heavy (non-hydrogen) atoms. The van der Waals surface area contributed by atoms with E-state index in [-0.39, 0.29) is 12.6 Å². The van der Waals surface area contributed by atoms with E-state index in [0.29, 0.717) is 12.1 Å². The second kappa shape index (κ2) is 10.2. The van der Waals surface area contributed by atoms with Gasteiger partial charge in [-0.15, -0.1) is 0 Å². The van der Waals surface area contributed by atoms with E-state index in [2.05, 4.69) is 25.2 Å². The molecule has 0 saturated carbocycles. The van der Waals surface area contributed by atoms with Gasteiger partial charge >= 0.3 is 5.97 Å². The van der Waals surface area contributed by atoms with Crippen molar-refractivity contribution in [2.75, 3.05) is 13.2 Å². The summed E-state index contributed by atoms with van der Waals surface area (Å²) in [4.78, 5) is 10.5. The lowest BCUT2D eigenvalue weighted by molar-refractivity contribution is -0.138. The van der Waals surface area contributed by atoms with Crippen molar-refractivity contribution in [1.29, 1.82) is 0 Å². The maximum Gasteiger partial charge on any atom is 0.333 e. The van der Waals surface area contributed by atoms with E-state index in [4.69, 9.17) is 5.73 Å². The molecule has 3 nitrogen and oxygen atoms in total. The third-order valence-corrected chi connectivity index (χ3v) is 0.699. The Bertz CT molecular complexity index is 132. The van der Waals surface area contributed by atoms with Crippen LogP contribution in [0, 0.1) is 0 Å². The molecule has 0 bridgehead atoms. The van der Waals surface area contributed by atoms with Crippen LogP contribution in [0.25, 0.3) is 0 Å². The van der Waals surface area contributed by atoms with Crippen LogP contribution >= 0.6 is 0 Å². The molecule has 0 aliphatic carbocycles. The lowest BCUT2D eigenvalue weighted by Crippen LogP contribution is -2.13. The molecular weight excluding hydrogens is 154 g/mol. The number of ether oxygens (including phenoxy) is 1. The van der Waals surface area contributed by atoms with Crippen LogP contribution in [-0.4, -0.2) is 19.1 Å².